The number of aryl methyl sites for hydroxylation is 2. The zero-order valence-electron chi connectivity index (χ0n) is 14.4. The third-order valence-electron chi connectivity index (χ3n) is 4.34. The van der Waals surface area contributed by atoms with Crippen LogP contribution in [0.3, 0.4) is 0 Å². The average Bonchev–Trinajstić information content (AvgIpc) is 3.14. The summed E-state index contributed by atoms with van der Waals surface area (Å²) in [5.74, 6) is 0.709. The van der Waals surface area contributed by atoms with Gasteiger partial charge in [-0.1, -0.05) is 19.1 Å². The highest BCUT2D eigenvalue weighted by Gasteiger charge is 2.16. The first kappa shape index (κ1) is 16.4. The predicted octanol–water partition coefficient (Wildman–Crippen LogP) is 2.88. The van der Waals surface area contributed by atoms with Gasteiger partial charge in [-0.2, -0.15) is 0 Å². The first-order valence-electron chi connectivity index (χ1n) is 8.62. The van der Waals surface area contributed by atoms with Crippen LogP contribution in [0.15, 0.2) is 30.3 Å². The first-order valence-corrected chi connectivity index (χ1v) is 8.62. The molecule has 3 rings (SSSR count). The van der Waals surface area contributed by atoms with Crippen molar-refractivity contribution in [3.63, 3.8) is 0 Å². The van der Waals surface area contributed by atoms with Crippen molar-refractivity contribution in [3.8, 4) is 0 Å². The number of hydrogen-bond acceptors (Lipinski definition) is 4. The van der Waals surface area contributed by atoms with Crippen LogP contribution in [-0.2, 0) is 13.0 Å². The highest BCUT2D eigenvalue weighted by Crippen LogP contribution is 2.16. The molecule has 2 heterocycles. The highest BCUT2D eigenvalue weighted by atomic mass is 16.1. The molecule has 1 saturated heterocycles. The van der Waals surface area contributed by atoms with Gasteiger partial charge in [0, 0.05) is 24.3 Å². The van der Waals surface area contributed by atoms with Crippen molar-refractivity contribution < 1.29 is 4.79 Å². The van der Waals surface area contributed by atoms with Gasteiger partial charge in [0.25, 0.3) is 5.91 Å². The van der Waals surface area contributed by atoms with E-state index in [0.29, 0.717) is 12.1 Å². The normalized spacial score (nSPS) is 14.0. The van der Waals surface area contributed by atoms with Gasteiger partial charge in [0.1, 0.15) is 0 Å². The van der Waals surface area contributed by atoms with Gasteiger partial charge in [-0.3, -0.25) is 4.79 Å². The Morgan fingerprint density at radius 1 is 1.17 bits per heavy atom. The van der Waals surface area contributed by atoms with E-state index in [2.05, 4.69) is 27.1 Å². The van der Waals surface area contributed by atoms with E-state index < -0.39 is 0 Å². The molecule has 24 heavy (non-hydrogen) atoms. The Kier molecular flexibility index (Phi) is 5.08. The number of benzene rings is 1. The summed E-state index contributed by atoms with van der Waals surface area (Å²) in [7, 11) is 0. The average molecular weight is 324 g/mol. The second kappa shape index (κ2) is 7.43. The van der Waals surface area contributed by atoms with E-state index in [4.69, 9.17) is 0 Å². The number of anilines is 1. The minimum absolute atomic E-state index is 0.0726. The summed E-state index contributed by atoms with van der Waals surface area (Å²) in [6.45, 7) is 6.51. The number of nitrogens with zero attached hydrogens (tertiary/aromatic N) is 3. The maximum absolute atomic E-state index is 12.3. The van der Waals surface area contributed by atoms with Crippen molar-refractivity contribution in [2.24, 2.45) is 0 Å². The minimum Gasteiger partial charge on any atom is -0.346 e. The van der Waals surface area contributed by atoms with Crippen LogP contribution in [0.25, 0.3) is 0 Å². The molecule has 0 radical (unpaired) electrons. The van der Waals surface area contributed by atoms with Gasteiger partial charge in [-0.05, 0) is 49.9 Å². The minimum atomic E-state index is -0.0726. The van der Waals surface area contributed by atoms with E-state index in [-0.39, 0.29) is 5.91 Å². The Morgan fingerprint density at radius 3 is 2.54 bits per heavy atom. The maximum Gasteiger partial charge on any atom is 0.251 e. The van der Waals surface area contributed by atoms with Crippen LogP contribution in [0.5, 0.6) is 0 Å². The third kappa shape index (κ3) is 3.91. The lowest BCUT2D eigenvalue weighted by molar-refractivity contribution is 0.0950. The van der Waals surface area contributed by atoms with Crippen molar-refractivity contribution in [1.29, 1.82) is 0 Å². The Hall–Kier alpha value is -2.43. The summed E-state index contributed by atoms with van der Waals surface area (Å²) in [4.78, 5) is 23.6. The first-order chi connectivity index (χ1) is 11.7. The predicted molar refractivity (Wildman–Crippen MR) is 95.2 cm³/mol. The number of carbonyl (C=O) groups is 1. The highest BCUT2D eigenvalue weighted by molar-refractivity contribution is 5.94. The lowest BCUT2D eigenvalue weighted by atomic mass is 10.1. The van der Waals surface area contributed by atoms with Gasteiger partial charge in [0.05, 0.1) is 12.2 Å². The lowest BCUT2D eigenvalue weighted by Gasteiger charge is -2.16. The van der Waals surface area contributed by atoms with Crippen molar-refractivity contribution in [2.75, 3.05) is 18.0 Å². The van der Waals surface area contributed by atoms with E-state index in [1.807, 2.05) is 37.3 Å². The number of amides is 1. The van der Waals surface area contributed by atoms with Crippen molar-refractivity contribution in [2.45, 2.75) is 39.7 Å². The van der Waals surface area contributed by atoms with Crippen molar-refractivity contribution >= 4 is 11.9 Å². The Bertz CT molecular complexity index is 706. The summed E-state index contributed by atoms with van der Waals surface area (Å²) in [5.41, 5.74) is 3.69. The van der Waals surface area contributed by atoms with Crippen molar-refractivity contribution in [3.05, 3.63) is 52.8 Å². The zero-order chi connectivity index (χ0) is 16.9. The Morgan fingerprint density at radius 2 is 1.88 bits per heavy atom. The third-order valence-corrected chi connectivity index (χ3v) is 4.34. The smallest absolute Gasteiger partial charge is 0.251 e. The van der Waals surface area contributed by atoms with Crippen LogP contribution in [-0.4, -0.2) is 29.0 Å². The number of nitrogens with one attached hydrogen (secondary N) is 1. The SMILES string of the molecule is CCc1ccc(C(=O)NCc2cc(C)nc(N3CCCC3)n2)cc1. The molecule has 0 aliphatic carbocycles. The fraction of sp³-hybridized carbons (Fsp3) is 0.421. The monoisotopic (exact) mass is 324 g/mol. The number of carbonyl (C=O) groups excluding carboxylic acids is 1. The van der Waals surface area contributed by atoms with E-state index >= 15 is 0 Å². The second-order valence-electron chi connectivity index (χ2n) is 6.23. The maximum atomic E-state index is 12.3. The standard InChI is InChI=1S/C19H24N4O/c1-3-15-6-8-16(9-7-15)18(24)20-13-17-12-14(2)21-19(22-17)23-10-4-5-11-23/h6-9,12H,3-5,10-11,13H2,1-2H3,(H,20,24). The van der Waals surface area contributed by atoms with Gasteiger partial charge < -0.3 is 10.2 Å². The molecule has 1 aliphatic heterocycles. The number of aromatic nitrogens is 2. The number of hydrogen-bond donors (Lipinski definition) is 1. The van der Waals surface area contributed by atoms with Gasteiger partial charge in [-0.15, -0.1) is 0 Å². The van der Waals surface area contributed by atoms with E-state index in [1.165, 1.54) is 18.4 Å². The molecule has 1 aromatic carbocycles. The molecule has 0 unspecified atom stereocenters. The zero-order valence-corrected chi connectivity index (χ0v) is 14.4. The van der Waals surface area contributed by atoms with Crippen LogP contribution in [0.1, 0.15) is 47.1 Å². The van der Waals surface area contributed by atoms with Crippen LogP contribution in [0, 0.1) is 6.92 Å². The molecule has 0 atom stereocenters. The largest absolute Gasteiger partial charge is 0.346 e. The van der Waals surface area contributed by atoms with Gasteiger partial charge >= 0.3 is 0 Å². The van der Waals surface area contributed by atoms with Gasteiger partial charge in [-0.25, -0.2) is 9.97 Å². The Labute approximate surface area is 143 Å². The molecule has 0 saturated carbocycles. The Balaban J connectivity index is 1.65. The summed E-state index contributed by atoms with van der Waals surface area (Å²) in [5, 5.41) is 2.95. The van der Waals surface area contributed by atoms with Crippen LogP contribution in [0.2, 0.25) is 0 Å². The van der Waals surface area contributed by atoms with Gasteiger partial charge in [0.2, 0.25) is 5.95 Å². The molecule has 126 valence electrons. The molecule has 1 fully saturated rings. The summed E-state index contributed by atoms with van der Waals surface area (Å²) in [6.07, 6.45) is 3.36. The summed E-state index contributed by atoms with van der Waals surface area (Å²) in [6, 6.07) is 9.66. The fourth-order valence-corrected chi connectivity index (χ4v) is 2.93. The molecule has 5 heteroatoms. The van der Waals surface area contributed by atoms with Crippen LogP contribution < -0.4 is 10.2 Å². The quantitative estimate of drug-likeness (QED) is 0.919. The van der Waals surface area contributed by atoms with Crippen molar-refractivity contribution in [1.82, 2.24) is 15.3 Å². The second-order valence-corrected chi connectivity index (χ2v) is 6.23. The fourth-order valence-electron chi connectivity index (χ4n) is 2.93. The van der Waals surface area contributed by atoms with Crippen LogP contribution in [0.4, 0.5) is 5.95 Å². The molecule has 1 aliphatic rings. The van der Waals surface area contributed by atoms with E-state index in [1.54, 1.807) is 0 Å². The molecule has 5 nitrogen and oxygen atoms in total. The van der Waals surface area contributed by atoms with Gasteiger partial charge in [0.15, 0.2) is 0 Å². The lowest BCUT2D eigenvalue weighted by Crippen LogP contribution is -2.25. The van der Waals surface area contributed by atoms with E-state index in [9.17, 15) is 4.79 Å². The summed E-state index contributed by atoms with van der Waals surface area (Å²) < 4.78 is 0. The molecule has 0 bridgehead atoms. The molecule has 0 spiro atoms. The number of rotatable bonds is 5. The molecule has 1 N–H and O–H groups in total. The van der Waals surface area contributed by atoms with Crippen LogP contribution >= 0.6 is 0 Å². The molecular formula is C19H24N4O. The molecular weight excluding hydrogens is 300 g/mol. The molecule has 1 aromatic heterocycles. The topological polar surface area (TPSA) is 58.1 Å². The summed E-state index contributed by atoms with van der Waals surface area (Å²) >= 11 is 0. The molecule has 2 aromatic rings. The molecule has 1 amide bonds. The van der Waals surface area contributed by atoms with E-state index in [0.717, 1.165) is 36.8 Å².